The molecule has 0 aliphatic carbocycles. The monoisotopic (exact) mass is 272 g/mol. The Balaban J connectivity index is 1.95. The lowest BCUT2D eigenvalue weighted by Gasteiger charge is -2.32. The fourth-order valence-electron chi connectivity index (χ4n) is 2.84. The maximum absolute atomic E-state index is 3.21. The molecular formula is C18H28N2. The van der Waals surface area contributed by atoms with E-state index in [9.17, 15) is 0 Å². The number of nitrogens with zero attached hydrogens (tertiary/aromatic N) is 1. The van der Waals surface area contributed by atoms with Crippen molar-refractivity contribution in [2.45, 2.75) is 40.3 Å². The van der Waals surface area contributed by atoms with Gasteiger partial charge in [0.15, 0.2) is 0 Å². The molecule has 1 heterocycles. The lowest BCUT2D eigenvalue weighted by atomic mass is 9.83. The summed E-state index contributed by atoms with van der Waals surface area (Å²) in [7, 11) is 2.00. The fourth-order valence-corrected chi connectivity index (χ4v) is 2.84. The maximum atomic E-state index is 3.21. The number of hydrogen-bond acceptors (Lipinski definition) is 2. The third kappa shape index (κ3) is 4.19. The molecule has 1 aliphatic heterocycles. The zero-order chi connectivity index (χ0) is 14.6. The largest absolute Gasteiger partial charge is 0.316 e. The van der Waals surface area contributed by atoms with Gasteiger partial charge in [0.2, 0.25) is 0 Å². The summed E-state index contributed by atoms with van der Waals surface area (Å²) in [6.07, 6.45) is 3.64. The molecule has 110 valence electrons. The molecule has 1 aromatic rings. The van der Waals surface area contributed by atoms with Crippen LogP contribution >= 0.6 is 0 Å². The minimum atomic E-state index is 0.332. The number of hydrogen-bond donors (Lipinski definition) is 1. The van der Waals surface area contributed by atoms with Crippen LogP contribution in [-0.4, -0.2) is 25.0 Å². The molecule has 2 heteroatoms. The molecule has 0 aromatic heterocycles. The SMILES string of the molecule is CNCc1cccc(CN2CC=C(C(C)(C)C)CC2)c1. The van der Waals surface area contributed by atoms with Crippen LogP contribution in [0.3, 0.4) is 0 Å². The standard InChI is InChI=1S/C18H28N2/c1-18(2,3)17-8-10-20(11-9-17)14-16-7-5-6-15(12-16)13-19-4/h5-8,12,19H,9-11,13-14H2,1-4H3. The van der Waals surface area contributed by atoms with Gasteiger partial charge < -0.3 is 5.32 Å². The Bertz CT molecular complexity index is 469. The van der Waals surface area contributed by atoms with Gasteiger partial charge in [-0.2, -0.15) is 0 Å². The van der Waals surface area contributed by atoms with Crippen LogP contribution < -0.4 is 5.32 Å². The second kappa shape index (κ2) is 6.55. The van der Waals surface area contributed by atoms with Crippen molar-refractivity contribution < 1.29 is 0 Å². The topological polar surface area (TPSA) is 15.3 Å². The van der Waals surface area contributed by atoms with Gasteiger partial charge in [-0.3, -0.25) is 4.90 Å². The average Bonchev–Trinajstić information content (AvgIpc) is 2.39. The van der Waals surface area contributed by atoms with E-state index in [1.54, 1.807) is 5.57 Å². The first-order chi connectivity index (χ1) is 9.49. The maximum Gasteiger partial charge on any atom is 0.0237 e. The van der Waals surface area contributed by atoms with Gasteiger partial charge in [0.1, 0.15) is 0 Å². The first-order valence-corrected chi connectivity index (χ1v) is 7.63. The Morgan fingerprint density at radius 3 is 2.55 bits per heavy atom. The van der Waals surface area contributed by atoms with Crippen molar-refractivity contribution in [3.8, 4) is 0 Å². The minimum absolute atomic E-state index is 0.332. The zero-order valence-corrected chi connectivity index (χ0v) is 13.4. The summed E-state index contributed by atoms with van der Waals surface area (Å²) < 4.78 is 0. The normalized spacial score (nSPS) is 17.1. The zero-order valence-electron chi connectivity index (χ0n) is 13.4. The van der Waals surface area contributed by atoms with E-state index in [1.165, 1.54) is 24.1 Å². The van der Waals surface area contributed by atoms with Crippen molar-refractivity contribution in [2.75, 3.05) is 20.1 Å². The van der Waals surface area contributed by atoms with Crippen LogP contribution in [0.25, 0.3) is 0 Å². The van der Waals surface area contributed by atoms with Gasteiger partial charge >= 0.3 is 0 Å². The van der Waals surface area contributed by atoms with Crippen LogP contribution in [0.1, 0.15) is 38.3 Å². The van der Waals surface area contributed by atoms with Gasteiger partial charge in [-0.15, -0.1) is 0 Å². The molecule has 1 aromatic carbocycles. The molecule has 0 unspecified atom stereocenters. The van der Waals surface area contributed by atoms with Crippen molar-refractivity contribution in [2.24, 2.45) is 5.41 Å². The molecule has 1 N–H and O–H groups in total. The van der Waals surface area contributed by atoms with Gasteiger partial charge in [-0.25, -0.2) is 0 Å². The summed E-state index contributed by atoms with van der Waals surface area (Å²) in [5, 5.41) is 3.21. The summed E-state index contributed by atoms with van der Waals surface area (Å²) in [6, 6.07) is 8.91. The van der Waals surface area contributed by atoms with Crippen LogP contribution in [0.5, 0.6) is 0 Å². The molecule has 1 aliphatic rings. The first kappa shape index (κ1) is 15.3. The highest BCUT2D eigenvalue weighted by Crippen LogP contribution is 2.30. The molecule has 20 heavy (non-hydrogen) atoms. The molecule has 2 rings (SSSR count). The van der Waals surface area contributed by atoms with E-state index in [4.69, 9.17) is 0 Å². The Labute approximate surface area is 123 Å². The predicted octanol–water partition coefficient (Wildman–Crippen LogP) is 3.58. The molecule has 2 nitrogen and oxygen atoms in total. The van der Waals surface area contributed by atoms with E-state index in [0.29, 0.717) is 5.41 Å². The molecule has 0 bridgehead atoms. The van der Waals surface area contributed by atoms with Crippen molar-refractivity contribution in [1.82, 2.24) is 10.2 Å². The van der Waals surface area contributed by atoms with E-state index in [-0.39, 0.29) is 0 Å². The summed E-state index contributed by atoms with van der Waals surface area (Å²) in [4.78, 5) is 2.54. The van der Waals surface area contributed by atoms with Crippen molar-refractivity contribution in [3.63, 3.8) is 0 Å². The molecular weight excluding hydrogens is 244 g/mol. The van der Waals surface area contributed by atoms with Crippen LogP contribution in [0, 0.1) is 5.41 Å². The van der Waals surface area contributed by atoms with E-state index >= 15 is 0 Å². The quantitative estimate of drug-likeness (QED) is 0.843. The minimum Gasteiger partial charge on any atom is -0.316 e. The third-order valence-electron chi connectivity index (χ3n) is 4.04. The van der Waals surface area contributed by atoms with E-state index < -0.39 is 0 Å². The Kier molecular flexibility index (Phi) is 5.00. The van der Waals surface area contributed by atoms with E-state index in [2.05, 4.69) is 61.3 Å². The van der Waals surface area contributed by atoms with Crippen molar-refractivity contribution >= 4 is 0 Å². The van der Waals surface area contributed by atoms with Gasteiger partial charge in [-0.05, 0) is 30.0 Å². The highest BCUT2D eigenvalue weighted by molar-refractivity contribution is 5.24. The van der Waals surface area contributed by atoms with Gasteiger partial charge in [0.25, 0.3) is 0 Å². The molecule has 0 radical (unpaired) electrons. The highest BCUT2D eigenvalue weighted by atomic mass is 15.1. The highest BCUT2D eigenvalue weighted by Gasteiger charge is 2.21. The van der Waals surface area contributed by atoms with Crippen molar-refractivity contribution in [3.05, 3.63) is 47.0 Å². The lowest BCUT2D eigenvalue weighted by Crippen LogP contribution is -2.30. The van der Waals surface area contributed by atoms with Crippen LogP contribution in [-0.2, 0) is 13.1 Å². The van der Waals surface area contributed by atoms with Crippen LogP contribution in [0.4, 0.5) is 0 Å². The summed E-state index contributed by atoms with van der Waals surface area (Å²) >= 11 is 0. The number of nitrogens with one attached hydrogen (secondary N) is 1. The van der Waals surface area contributed by atoms with Gasteiger partial charge in [-0.1, -0.05) is 56.7 Å². The second-order valence-corrected chi connectivity index (χ2v) is 6.81. The molecule has 0 fully saturated rings. The Morgan fingerprint density at radius 2 is 1.95 bits per heavy atom. The molecule has 0 saturated heterocycles. The fraction of sp³-hybridized carbons (Fsp3) is 0.556. The summed E-state index contributed by atoms with van der Waals surface area (Å²) in [6.45, 7) is 11.2. The average molecular weight is 272 g/mol. The van der Waals surface area contributed by atoms with Gasteiger partial charge in [0.05, 0.1) is 0 Å². The summed E-state index contributed by atoms with van der Waals surface area (Å²) in [5.41, 5.74) is 4.73. The van der Waals surface area contributed by atoms with Crippen LogP contribution in [0.2, 0.25) is 0 Å². The number of benzene rings is 1. The lowest BCUT2D eigenvalue weighted by molar-refractivity contribution is 0.271. The smallest absolute Gasteiger partial charge is 0.0237 e. The van der Waals surface area contributed by atoms with Gasteiger partial charge in [0, 0.05) is 26.2 Å². The predicted molar refractivity (Wildman–Crippen MR) is 86.6 cm³/mol. The van der Waals surface area contributed by atoms with Crippen molar-refractivity contribution in [1.29, 1.82) is 0 Å². The second-order valence-electron chi connectivity index (χ2n) is 6.81. The number of rotatable bonds is 4. The summed E-state index contributed by atoms with van der Waals surface area (Å²) in [5.74, 6) is 0. The third-order valence-corrected chi connectivity index (χ3v) is 4.04. The van der Waals surface area contributed by atoms with Crippen LogP contribution in [0.15, 0.2) is 35.9 Å². The molecule has 0 saturated carbocycles. The Hall–Kier alpha value is -1.12. The molecule has 0 amide bonds. The Morgan fingerprint density at radius 1 is 1.20 bits per heavy atom. The first-order valence-electron chi connectivity index (χ1n) is 7.63. The van der Waals surface area contributed by atoms with E-state index in [0.717, 1.165) is 19.6 Å². The molecule has 0 atom stereocenters. The van der Waals surface area contributed by atoms with E-state index in [1.807, 2.05) is 7.05 Å². The molecule has 0 spiro atoms.